The minimum Gasteiger partial charge on any atom is -0.504 e. The second-order valence-electron chi connectivity index (χ2n) is 1.89. The van der Waals surface area contributed by atoms with Crippen LogP contribution in [0.2, 0.25) is 0 Å². The number of halogens is 1. The largest absolute Gasteiger partial charge is 0.504 e. The predicted octanol–water partition coefficient (Wildman–Crippen LogP) is 2.53. The smallest absolute Gasteiger partial charge is 0.0928 e. The molecule has 0 aliphatic heterocycles. The molecular formula is C6H11BrO. The SMILES string of the molecule is CO/C=C(\Br)C(C)C. The number of hydrogen-bond acceptors (Lipinski definition) is 1. The summed E-state index contributed by atoms with van der Waals surface area (Å²) in [4.78, 5) is 0. The van der Waals surface area contributed by atoms with Crippen molar-refractivity contribution in [3.8, 4) is 0 Å². The Kier molecular flexibility index (Phi) is 3.97. The molecule has 0 saturated carbocycles. The Labute approximate surface area is 58.9 Å². The van der Waals surface area contributed by atoms with Crippen LogP contribution >= 0.6 is 15.9 Å². The summed E-state index contributed by atoms with van der Waals surface area (Å²) in [5.41, 5.74) is 0. The minimum atomic E-state index is 0.523. The van der Waals surface area contributed by atoms with E-state index in [1.807, 2.05) is 0 Å². The highest BCUT2D eigenvalue weighted by Gasteiger charge is 1.95. The first-order chi connectivity index (χ1) is 3.68. The molecule has 0 aliphatic rings. The van der Waals surface area contributed by atoms with Gasteiger partial charge in [-0.15, -0.1) is 0 Å². The van der Waals surface area contributed by atoms with E-state index in [2.05, 4.69) is 29.8 Å². The summed E-state index contributed by atoms with van der Waals surface area (Å²) in [6.07, 6.45) is 1.70. The fourth-order valence-electron chi connectivity index (χ4n) is 0.249. The van der Waals surface area contributed by atoms with Gasteiger partial charge in [0.15, 0.2) is 0 Å². The van der Waals surface area contributed by atoms with Crippen molar-refractivity contribution >= 4 is 15.9 Å². The van der Waals surface area contributed by atoms with Gasteiger partial charge in [0.25, 0.3) is 0 Å². The molecule has 8 heavy (non-hydrogen) atoms. The zero-order valence-corrected chi connectivity index (χ0v) is 7.03. The number of allylic oxidation sites excluding steroid dienone is 1. The highest BCUT2D eigenvalue weighted by atomic mass is 79.9. The molecule has 0 aliphatic carbocycles. The standard InChI is InChI=1S/C6H11BrO/c1-5(2)6(7)4-8-3/h4-5H,1-3H3/b6-4-. The van der Waals surface area contributed by atoms with E-state index in [1.54, 1.807) is 13.4 Å². The lowest BCUT2D eigenvalue weighted by Gasteiger charge is -1.99. The molecule has 0 radical (unpaired) electrons. The van der Waals surface area contributed by atoms with Gasteiger partial charge in [-0.25, -0.2) is 0 Å². The van der Waals surface area contributed by atoms with Crippen LogP contribution in [0.1, 0.15) is 13.8 Å². The molecule has 0 unspecified atom stereocenters. The predicted molar refractivity (Wildman–Crippen MR) is 38.9 cm³/mol. The van der Waals surface area contributed by atoms with Gasteiger partial charge in [-0.05, 0) is 5.92 Å². The maximum absolute atomic E-state index is 4.76. The molecule has 0 spiro atoms. The van der Waals surface area contributed by atoms with Crippen LogP contribution in [0, 0.1) is 5.92 Å². The van der Waals surface area contributed by atoms with Gasteiger partial charge in [-0.1, -0.05) is 29.8 Å². The van der Waals surface area contributed by atoms with Crippen LogP contribution in [0.25, 0.3) is 0 Å². The normalized spacial score (nSPS) is 12.4. The van der Waals surface area contributed by atoms with E-state index in [1.165, 1.54) is 0 Å². The van der Waals surface area contributed by atoms with Gasteiger partial charge in [-0.2, -0.15) is 0 Å². The highest BCUT2D eigenvalue weighted by molar-refractivity contribution is 9.11. The topological polar surface area (TPSA) is 9.23 Å². The highest BCUT2D eigenvalue weighted by Crippen LogP contribution is 2.15. The third kappa shape index (κ3) is 3.08. The molecule has 0 fully saturated rings. The third-order valence-corrected chi connectivity index (χ3v) is 1.88. The second-order valence-corrected chi connectivity index (χ2v) is 2.81. The molecule has 0 saturated heterocycles. The maximum atomic E-state index is 4.76. The van der Waals surface area contributed by atoms with E-state index in [9.17, 15) is 0 Å². The van der Waals surface area contributed by atoms with Gasteiger partial charge in [0.1, 0.15) is 0 Å². The number of rotatable bonds is 2. The number of ether oxygens (including phenoxy) is 1. The lowest BCUT2D eigenvalue weighted by Crippen LogP contribution is -1.84. The average molecular weight is 179 g/mol. The van der Waals surface area contributed by atoms with Crippen molar-refractivity contribution in [2.24, 2.45) is 5.92 Å². The van der Waals surface area contributed by atoms with E-state index < -0.39 is 0 Å². The molecule has 2 heteroatoms. The van der Waals surface area contributed by atoms with Crippen LogP contribution in [0.15, 0.2) is 10.7 Å². The van der Waals surface area contributed by atoms with Crippen LogP contribution in [-0.2, 0) is 4.74 Å². The van der Waals surface area contributed by atoms with Gasteiger partial charge < -0.3 is 4.74 Å². The van der Waals surface area contributed by atoms with Crippen molar-refractivity contribution in [1.29, 1.82) is 0 Å². The van der Waals surface area contributed by atoms with E-state index in [-0.39, 0.29) is 0 Å². The van der Waals surface area contributed by atoms with E-state index in [0.717, 1.165) is 4.48 Å². The van der Waals surface area contributed by atoms with E-state index in [4.69, 9.17) is 4.74 Å². The van der Waals surface area contributed by atoms with Gasteiger partial charge in [-0.3, -0.25) is 0 Å². The summed E-state index contributed by atoms with van der Waals surface area (Å²) in [5.74, 6) is 0.523. The van der Waals surface area contributed by atoms with Crippen LogP contribution < -0.4 is 0 Å². The molecule has 0 amide bonds. The molecule has 0 bridgehead atoms. The molecule has 0 N–H and O–H groups in total. The van der Waals surface area contributed by atoms with Gasteiger partial charge in [0.2, 0.25) is 0 Å². The van der Waals surface area contributed by atoms with Crippen molar-refractivity contribution in [3.63, 3.8) is 0 Å². The third-order valence-electron chi connectivity index (χ3n) is 0.782. The zero-order valence-electron chi connectivity index (χ0n) is 5.44. The minimum absolute atomic E-state index is 0.523. The molecule has 0 atom stereocenters. The summed E-state index contributed by atoms with van der Waals surface area (Å²) >= 11 is 3.34. The molecule has 0 aromatic heterocycles. The number of methoxy groups -OCH3 is 1. The fourth-order valence-corrected chi connectivity index (χ4v) is 0.436. The monoisotopic (exact) mass is 178 g/mol. The van der Waals surface area contributed by atoms with Crippen molar-refractivity contribution in [1.82, 2.24) is 0 Å². The van der Waals surface area contributed by atoms with Gasteiger partial charge in [0.05, 0.1) is 13.4 Å². The Morgan fingerprint density at radius 3 is 2.25 bits per heavy atom. The van der Waals surface area contributed by atoms with E-state index >= 15 is 0 Å². The van der Waals surface area contributed by atoms with Crippen molar-refractivity contribution in [2.75, 3.05) is 7.11 Å². The van der Waals surface area contributed by atoms with Gasteiger partial charge in [0, 0.05) is 4.48 Å². The summed E-state index contributed by atoms with van der Waals surface area (Å²) in [6.45, 7) is 4.19. The quantitative estimate of drug-likeness (QED) is 0.591. The van der Waals surface area contributed by atoms with Crippen LogP contribution in [-0.4, -0.2) is 7.11 Å². The second kappa shape index (κ2) is 3.96. The first-order valence-electron chi connectivity index (χ1n) is 2.56. The van der Waals surface area contributed by atoms with Crippen LogP contribution in [0.4, 0.5) is 0 Å². The molecule has 0 aromatic rings. The van der Waals surface area contributed by atoms with Crippen molar-refractivity contribution in [2.45, 2.75) is 13.8 Å². The Hall–Kier alpha value is 0.0200. The zero-order chi connectivity index (χ0) is 6.57. The van der Waals surface area contributed by atoms with E-state index in [0.29, 0.717) is 5.92 Å². The lowest BCUT2D eigenvalue weighted by molar-refractivity contribution is 0.334. The maximum Gasteiger partial charge on any atom is 0.0928 e. The average Bonchev–Trinajstić information content (AvgIpc) is 1.67. The van der Waals surface area contributed by atoms with Crippen LogP contribution in [0.5, 0.6) is 0 Å². The summed E-state index contributed by atoms with van der Waals surface area (Å²) in [6, 6.07) is 0. The van der Waals surface area contributed by atoms with Gasteiger partial charge >= 0.3 is 0 Å². The summed E-state index contributed by atoms with van der Waals surface area (Å²) < 4.78 is 5.85. The summed E-state index contributed by atoms with van der Waals surface area (Å²) in [7, 11) is 1.64. The Morgan fingerprint density at radius 2 is 2.12 bits per heavy atom. The molecule has 0 heterocycles. The number of hydrogen-bond donors (Lipinski definition) is 0. The summed E-state index contributed by atoms with van der Waals surface area (Å²) in [5, 5.41) is 0. The van der Waals surface area contributed by atoms with Crippen molar-refractivity contribution in [3.05, 3.63) is 10.7 Å². The molecule has 48 valence electrons. The first-order valence-corrected chi connectivity index (χ1v) is 3.36. The molecule has 0 rings (SSSR count). The van der Waals surface area contributed by atoms with Crippen molar-refractivity contribution < 1.29 is 4.74 Å². The molecular weight excluding hydrogens is 168 g/mol. The molecule has 0 aromatic carbocycles. The molecule has 1 nitrogen and oxygen atoms in total. The Balaban J connectivity index is 3.61. The lowest BCUT2D eigenvalue weighted by atomic mass is 10.2. The fraction of sp³-hybridized carbons (Fsp3) is 0.667. The Morgan fingerprint density at radius 1 is 1.62 bits per heavy atom. The Bertz CT molecular complexity index is 86.5. The first kappa shape index (κ1) is 8.02. The van der Waals surface area contributed by atoms with Crippen LogP contribution in [0.3, 0.4) is 0 Å².